The van der Waals surface area contributed by atoms with E-state index in [9.17, 15) is 13.2 Å². The number of carbonyl (C=O) groups excluding carboxylic acids is 1. The van der Waals surface area contributed by atoms with E-state index in [1.54, 1.807) is 31.2 Å². The van der Waals surface area contributed by atoms with Gasteiger partial charge in [0.2, 0.25) is 5.91 Å². The Balaban J connectivity index is 2.47. The highest BCUT2D eigenvalue weighted by atomic mass is 32.2. The van der Waals surface area contributed by atoms with Crippen LogP contribution in [-0.2, 0) is 14.6 Å². The third kappa shape index (κ3) is 6.08. The minimum Gasteiger partial charge on any atom is -0.325 e. The summed E-state index contributed by atoms with van der Waals surface area (Å²) in [6, 6.07) is 8.56. The normalized spacial score (nSPS) is 12.4. The van der Waals surface area contributed by atoms with Crippen LogP contribution in [0.3, 0.4) is 0 Å². The Morgan fingerprint density at radius 2 is 2.00 bits per heavy atom. The maximum atomic E-state index is 11.9. The first-order chi connectivity index (χ1) is 9.31. The largest absolute Gasteiger partial charge is 0.325 e. The molecule has 1 unspecified atom stereocenters. The number of nitrogens with zero attached hydrogens (tertiary/aromatic N) is 1. The molecule has 108 valence electrons. The monoisotopic (exact) mass is 312 g/mol. The molecule has 7 heteroatoms. The lowest BCUT2D eigenvalue weighted by molar-refractivity contribution is -0.115. The highest BCUT2D eigenvalue weighted by Gasteiger charge is 2.14. The molecule has 0 bridgehead atoms. The third-order valence-corrected chi connectivity index (χ3v) is 4.83. The molecule has 0 fully saturated rings. The van der Waals surface area contributed by atoms with Gasteiger partial charge < -0.3 is 5.32 Å². The van der Waals surface area contributed by atoms with E-state index < -0.39 is 9.84 Å². The number of benzene rings is 1. The second-order valence-corrected chi connectivity index (χ2v) is 8.03. The van der Waals surface area contributed by atoms with Crippen molar-refractivity contribution in [2.45, 2.75) is 12.2 Å². The quantitative estimate of drug-likeness (QED) is 0.863. The SMILES string of the molecule is CC(SCCS(C)(=O)=O)C(=O)Nc1ccc(C#N)cc1. The van der Waals surface area contributed by atoms with Gasteiger partial charge in [0.1, 0.15) is 9.84 Å². The molecule has 0 aliphatic carbocycles. The van der Waals surface area contributed by atoms with E-state index >= 15 is 0 Å². The fraction of sp³-hybridized carbons (Fsp3) is 0.385. The lowest BCUT2D eigenvalue weighted by Gasteiger charge is -2.11. The summed E-state index contributed by atoms with van der Waals surface area (Å²) in [5, 5.41) is 11.1. The highest BCUT2D eigenvalue weighted by molar-refractivity contribution is 8.01. The minimum absolute atomic E-state index is 0.0617. The molecular weight excluding hydrogens is 296 g/mol. The summed E-state index contributed by atoms with van der Waals surface area (Å²) in [4.78, 5) is 11.9. The molecule has 1 aromatic carbocycles. The van der Waals surface area contributed by atoms with E-state index in [2.05, 4.69) is 5.32 Å². The molecule has 0 spiro atoms. The van der Waals surface area contributed by atoms with Gasteiger partial charge in [-0.2, -0.15) is 5.26 Å². The van der Waals surface area contributed by atoms with Crippen LogP contribution >= 0.6 is 11.8 Å². The molecule has 0 heterocycles. The molecule has 1 amide bonds. The molecule has 1 aromatic rings. The molecular formula is C13H16N2O3S2. The van der Waals surface area contributed by atoms with Crippen molar-refractivity contribution in [1.82, 2.24) is 0 Å². The van der Waals surface area contributed by atoms with Gasteiger partial charge in [0.05, 0.1) is 22.6 Å². The Kier molecular flexibility index (Phi) is 6.05. The first kappa shape index (κ1) is 16.5. The predicted octanol–water partition coefficient (Wildman–Crippen LogP) is 1.66. The second-order valence-electron chi connectivity index (χ2n) is 4.32. The molecule has 1 rings (SSSR count). The molecule has 0 radical (unpaired) electrons. The van der Waals surface area contributed by atoms with Crippen LogP contribution in [0, 0.1) is 11.3 Å². The van der Waals surface area contributed by atoms with Crippen LogP contribution in [0.25, 0.3) is 0 Å². The number of carbonyl (C=O) groups is 1. The maximum absolute atomic E-state index is 11.9. The van der Waals surface area contributed by atoms with Gasteiger partial charge in [-0.05, 0) is 31.2 Å². The molecule has 20 heavy (non-hydrogen) atoms. The Morgan fingerprint density at radius 1 is 1.40 bits per heavy atom. The number of anilines is 1. The van der Waals surface area contributed by atoms with Crippen LogP contribution in [0.5, 0.6) is 0 Å². The predicted molar refractivity (Wildman–Crippen MR) is 81.4 cm³/mol. The van der Waals surface area contributed by atoms with E-state index in [-0.39, 0.29) is 16.9 Å². The summed E-state index contributed by atoms with van der Waals surface area (Å²) in [6.07, 6.45) is 1.18. The van der Waals surface area contributed by atoms with Crippen molar-refractivity contribution in [3.8, 4) is 6.07 Å². The minimum atomic E-state index is -3.00. The van der Waals surface area contributed by atoms with Crippen molar-refractivity contribution in [3.63, 3.8) is 0 Å². The number of sulfone groups is 1. The molecule has 0 aliphatic heterocycles. The standard InChI is InChI=1S/C13H16N2O3S2/c1-10(19-7-8-20(2,17)18)13(16)15-12-5-3-11(9-14)4-6-12/h3-6,10H,7-8H2,1-2H3,(H,15,16). The van der Waals surface area contributed by atoms with Gasteiger partial charge >= 0.3 is 0 Å². The molecule has 5 nitrogen and oxygen atoms in total. The van der Waals surface area contributed by atoms with E-state index in [0.717, 1.165) is 0 Å². The molecule has 1 N–H and O–H groups in total. The third-order valence-electron chi connectivity index (χ3n) is 2.47. The lowest BCUT2D eigenvalue weighted by Crippen LogP contribution is -2.23. The summed E-state index contributed by atoms with van der Waals surface area (Å²) in [5.74, 6) is 0.264. The van der Waals surface area contributed by atoms with Crippen LogP contribution in [0.2, 0.25) is 0 Å². The van der Waals surface area contributed by atoms with Gasteiger partial charge in [0, 0.05) is 17.7 Å². The zero-order valence-electron chi connectivity index (χ0n) is 11.3. The van der Waals surface area contributed by atoms with Crippen molar-refractivity contribution in [2.24, 2.45) is 0 Å². The number of hydrogen-bond donors (Lipinski definition) is 1. The van der Waals surface area contributed by atoms with Crippen LogP contribution in [0.15, 0.2) is 24.3 Å². The van der Waals surface area contributed by atoms with Crippen molar-refractivity contribution >= 4 is 33.2 Å². The lowest BCUT2D eigenvalue weighted by atomic mass is 10.2. The van der Waals surface area contributed by atoms with Crippen LogP contribution in [-0.4, -0.2) is 37.3 Å². The van der Waals surface area contributed by atoms with Crippen molar-refractivity contribution < 1.29 is 13.2 Å². The number of rotatable bonds is 6. The fourth-order valence-corrected chi connectivity index (χ4v) is 3.48. The van der Waals surface area contributed by atoms with Crippen molar-refractivity contribution in [1.29, 1.82) is 5.26 Å². The van der Waals surface area contributed by atoms with Gasteiger partial charge in [0.15, 0.2) is 0 Å². The van der Waals surface area contributed by atoms with Crippen molar-refractivity contribution in [3.05, 3.63) is 29.8 Å². The second kappa shape index (κ2) is 7.31. The summed E-state index contributed by atoms with van der Waals surface area (Å²) < 4.78 is 22.0. The van der Waals surface area contributed by atoms with Gasteiger partial charge in [-0.25, -0.2) is 8.42 Å². The number of amides is 1. The summed E-state index contributed by atoms with van der Waals surface area (Å²) >= 11 is 1.29. The molecule has 0 saturated carbocycles. The molecule has 1 atom stereocenters. The van der Waals surface area contributed by atoms with Gasteiger partial charge in [-0.3, -0.25) is 4.79 Å². The Morgan fingerprint density at radius 3 is 2.50 bits per heavy atom. The first-order valence-electron chi connectivity index (χ1n) is 5.92. The Bertz CT molecular complexity index is 603. The van der Waals surface area contributed by atoms with Crippen LogP contribution in [0.4, 0.5) is 5.69 Å². The average Bonchev–Trinajstić information content (AvgIpc) is 2.38. The Labute approximate surface area is 123 Å². The molecule has 0 saturated heterocycles. The molecule has 0 aliphatic rings. The van der Waals surface area contributed by atoms with Crippen LogP contribution in [0.1, 0.15) is 12.5 Å². The number of nitrogens with one attached hydrogen (secondary N) is 1. The van der Waals surface area contributed by atoms with Crippen LogP contribution < -0.4 is 5.32 Å². The number of nitriles is 1. The highest BCUT2D eigenvalue weighted by Crippen LogP contribution is 2.15. The van der Waals surface area contributed by atoms with Gasteiger partial charge in [-0.15, -0.1) is 11.8 Å². The topological polar surface area (TPSA) is 87.0 Å². The fourth-order valence-electron chi connectivity index (χ4n) is 1.32. The Hall–Kier alpha value is -1.52. The van der Waals surface area contributed by atoms with E-state index in [1.165, 1.54) is 18.0 Å². The van der Waals surface area contributed by atoms with Crippen molar-refractivity contribution in [2.75, 3.05) is 23.1 Å². The zero-order chi connectivity index (χ0) is 15.2. The van der Waals surface area contributed by atoms with E-state index in [0.29, 0.717) is 17.0 Å². The summed E-state index contributed by atoms with van der Waals surface area (Å²) in [5.41, 5.74) is 1.14. The first-order valence-corrected chi connectivity index (χ1v) is 9.03. The molecule has 0 aromatic heterocycles. The van der Waals surface area contributed by atoms with E-state index in [4.69, 9.17) is 5.26 Å². The summed E-state index contributed by atoms with van der Waals surface area (Å²) in [6.45, 7) is 1.73. The smallest absolute Gasteiger partial charge is 0.237 e. The zero-order valence-corrected chi connectivity index (χ0v) is 12.9. The number of hydrogen-bond acceptors (Lipinski definition) is 5. The van der Waals surface area contributed by atoms with Gasteiger partial charge in [-0.1, -0.05) is 0 Å². The maximum Gasteiger partial charge on any atom is 0.237 e. The van der Waals surface area contributed by atoms with Gasteiger partial charge in [0.25, 0.3) is 0 Å². The number of thioether (sulfide) groups is 1. The van der Waals surface area contributed by atoms with E-state index in [1.807, 2.05) is 6.07 Å². The summed E-state index contributed by atoms with van der Waals surface area (Å²) in [7, 11) is -3.00. The average molecular weight is 312 g/mol.